The van der Waals surface area contributed by atoms with E-state index in [9.17, 15) is 18.3 Å². The minimum absolute atomic E-state index is 0.0319. The third kappa shape index (κ3) is 3.66. The highest BCUT2D eigenvalue weighted by Gasteiger charge is 2.33. The van der Waals surface area contributed by atoms with Crippen LogP contribution in [0.15, 0.2) is 17.0 Å². The number of carboxylic acids is 1. The van der Waals surface area contributed by atoms with E-state index in [1.54, 1.807) is 13.1 Å². The summed E-state index contributed by atoms with van der Waals surface area (Å²) in [4.78, 5) is 14.0. The van der Waals surface area contributed by atoms with Crippen molar-refractivity contribution in [2.24, 2.45) is 0 Å². The number of hydrogen-bond donors (Lipinski definition) is 1. The van der Waals surface area contributed by atoms with Crippen molar-refractivity contribution in [1.29, 1.82) is 0 Å². The fourth-order valence-electron chi connectivity index (χ4n) is 4.13. The molecule has 0 unspecified atom stereocenters. The molecule has 1 heterocycles. The topological polar surface area (TPSA) is 77.9 Å². The average Bonchev–Trinajstić information content (AvgIpc) is 2.66. The number of benzene rings is 1. The standard InChI is InChI=1S/C19H28N2O4S/c1-3-21-10-8-16(9-11-21)20(2)26(24,25)18-13-15(19(22)23)12-14-6-4-5-7-17(14)18/h12-13,16H,3-11H2,1-2H3,(H,22,23). The van der Waals surface area contributed by atoms with E-state index in [-0.39, 0.29) is 16.5 Å². The second kappa shape index (κ2) is 7.66. The summed E-state index contributed by atoms with van der Waals surface area (Å²) in [6.07, 6.45) is 4.99. The van der Waals surface area contributed by atoms with E-state index in [1.807, 2.05) is 0 Å². The SMILES string of the molecule is CCN1CCC(N(C)S(=O)(=O)c2cc(C(=O)O)cc3c2CCCC3)CC1. The van der Waals surface area contributed by atoms with Crippen LogP contribution in [0, 0.1) is 0 Å². The lowest BCUT2D eigenvalue weighted by molar-refractivity contribution is 0.0696. The first-order valence-corrected chi connectivity index (χ1v) is 10.9. The number of carbonyl (C=O) groups is 1. The van der Waals surface area contributed by atoms with Crippen molar-refractivity contribution in [1.82, 2.24) is 9.21 Å². The summed E-state index contributed by atoms with van der Waals surface area (Å²) in [5.41, 5.74) is 1.77. The van der Waals surface area contributed by atoms with Crippen LogP contribution in [0.3, 0.4) is 0 Å². The molecule has 0 amide bonds. The number of sulfonamides is 1. The van der Waals surface area contributed by atoms with E-state index in [0.717, 1.165) is 62.9 Å². The van der Waals surface area contributed by atoms with Crippen LogP contribution in [0.25, 0.3) is 0 Å². The van der Waals surface area contributed by atoms with Crippen LogP contribution in [0.4, 0.5) is 0 Å². The van der Waals surface area contributed by atoms with Crippen molar-refractivity contribution >= 4 is 16.0 Å². The van der Waals surface area contributed by atoms with Crippen LogP contribution in [-0.2, 0) is 22.9 Å². The number of carboxylic acid groups (broad SMARTS) is 1. The molecule has 0 aromatic heterocycles. The Balaban J connectivity index is 1.96. The molecular formula is C19H28N2O4S. The van der Waals surface area contributed by atoms with Gasteiger partial charge in [0.05, 0.1) is 10.5 Å². The Hall–Kier alpha value is -1.44. The summed E-state index contributed by atoms with van der Waals surface area (Å²) in [6.45, 7) is 4.89. The number of hydrogen-bond acceptors (Lipinski definition) is 4. The van der Waals surface area contributed by atoms with Crippen LogP contribution in [0.5, 0.6) is 0 Å². The number of nitrogens with zero attached hydrogens (tertiary/aromatic N) is 2. The fraction of sp³-hybridized carbons (Fsp3) is 0.632. The van der Waals surface area contributed by atoms with Gasteiger partial charge in [-0.2, -0.15) is 4.31 Å². The monoisotopic (exact) mass is 380 g/mol. The summed E-state index contributed by atoms with van der Waals surface area (Å²) >= 11 is 0. The molecule has 1 aromatic rings. The zero-order chi connectivity index (χ0) is 18.9. The molecular weight excluding hydrogens is 352 g/mol. The summed E-state index contributed by atoms with van der Waals surface area (Å²) in [6, 6.07) is 2.98. The molecule has 0 saturated carbocycles. The molecule has 2 aliphatic rings. The van der Waals surface area contributed by atoms with Crippen LogP contribution < -0.4 is 0 Å². The lowest BCUT2D eigenvalue weighted by Gasteiger charge is -2.36. The zero-order valence-corrected chi connectivity index (χ0v) is 16.4. The first-order valence-electron chi connectivity index (χ1n) is 9.44. The van der Waals surface area contributed by atoms with Gasteiger partial charge in [-0.15, -0.1) is 0 Å². The van der Waals surface area contributed by atoms with Crippen LogP contribution >= 0.6 is 0 Å². The quantitative estimate of drug-likeness (QED) is 0.848. The lowest BCUT2D eigenvalue weighted by Crippen LogP contribution is -2.45. The Kier molecular flexibility index (Phi) is 5.69. The molecule has 0 atom stereocenters. The van der Waals surface area contributed by atoms with E-state index >= 15 is 0 Å². The van der Waals surface area contributed by atoms with Crippen molar-refractivity contribution in [2.75, 3.05) is 26.7 Å². The van der Waals surface area contributed by atoms with Gasteiger partial charge in [0.25, 0.3) is 0 Å². The highest BCUT2D eigenvalue weighted by Crippen LogP contribution is 2.32. The molecule has 6 nitrogen and oxygen atoms in total. The maximum Gasteiger partial charge on any atom is 0.335 e. The number of aryl methyl sites for hydroxylation is 1. The van der Waals surface area contributed by atoms with Gasteiger partial charge in [-0.25, -0.2) is 13.2 Å². The first-order chi connectivity index (χ1) is 12.3. The molecule has 1 aliphatic heterocycles. The number of piperidine rings is 1. The van der Waals surface area contributed by atoms with Crippen molar-refractivity contribution in [2.45, 2.75) is 56.4 Å². The average molecular weight is 381 g/mol. The largest absolute Gasteiger partial charge is 0.478 e. The molecule has 144 valence electrons. The third-order valence-electron chi connectivity index (χ3n) is 5.85. The second-order valence-electron chi connectivity index (χ2n) is 7.31. The highest BCUT2D eigenvalue weighted by atomic mass is 32.2. The molecule has 0 radical (unpaired) electrons. The summed E-state index contributed by atoms with van der Waals surface area (Å²) in [5.74, 6) is -1.08. The molecule has 1 aliphatic carbocycles. The second-order valence-corrected chi connectivity index (χ2v) is 9.28. The van der Waals surface area contributed by atoms with Gasteiger partial charge in [0.2, 0.25) is 10.0 Å². The predicted octanol–water partition coefficient (Wildman–Crippen LogP) is 2.37. The molecule has 1 aromatic carbocycles. The van der Waals surface area contributed by atoms with Crippen molar-refractivity contribution in [3.05, 3.63) is 28.8 Å². The fourth-order valence-corrected chi connectivity index (χ4v) is 5.87. The maximum absolute atomic E-state index is 13.3. The normalized spacial score (nSPS) is 19.5. The Morgan fingerprint density at radius 2 is 1.88 bits per heavy atom. The van der Waals surface area contributed by atoms with Crippen LogP contribution in [-0.4, -0.2) is 61.4 Å². The summed E-state index contributed by atoms with van der Waals surface area (Å²) in [5, 5.41) is 9.41. The molecule has 0 spiro atoms. The van der Waals surface area contributed by atoms with Crippen LogP contribution in [0.1, 0.15) is 54.1 Å². The Morgan fingerprint density at radius 3 is 2.50 bits per heavy atom. The zero-order valence-electron chi connectivity index (χ0n) is 15.6. The smallest absolute Gasteiger partial charge is 0.335 e. The van der Waals surface area contributed by atoms with E-state index in [1.165, 1.54) is 10.4 Å². The van der Waals surface area contributed by atoms with Crippen molar-refractivity contribution < 1.29 is 18.3 Å². The molecule has 3 rings (SSSR count). The highest BCUT2D eigenvalue weighted by molar-refractivity contribution is 7.89. The number of likely N-dealkylation sites (tertiary alicyclic amines) is 1. The Bertz CT molecular complexity index is 783. The van der Waals surface area contributed by atoms with Gasteiger partial charge in [0, 0.05) is 13.1 Å². The van der Waals surface area contributed by atoms with Gasteiger partial charge in [-0.3, -0.25) is 0 Å². The summed E-state index contributed by atoms with van der Waals surface area (Å²) < 4.78 is 28.2. The van der Waals surface area contributed by atoms with E-state index in [4.69, 9.17) is 0 Å². The Labute approximate surface area is 155 Å². The molecule has 26 heavy (non-hydrogen) atoms. The van der Waals surface area contributed by atoms with Crippen LogP contribution in [0.2, 0.25) is 0 Å². The number of rotatable bonds is 5. The molecule has 0 bridgehead atoms. The van der Waals surface area contributed by atoms with Gasteiger partial charge in [-0.1, -0.05) is 6.92 Å². The van der Waals surface area contributed by atoms with Gasteiger partial charge in [0.15, 0.2) is 0 Å². The lowest BCUT2D eigenvalue weighted by atomic mass is 9.90. The third-order valence-corrected chi connectivity index (χ3v) is 7.82. The van der Waals surface area contributed by atoms with Crippen molar-refractivity contribution in [3.63, 3.8) is 0 Å². The minimum Gasteiger partial charge on any atom is -0.478 e. The van der Waals surface area contributed by atoms with E-state index in [0.29, 0.717) is 6.42 Å². The predicted molar refractivity (Wildman–Crippen MR) is 100 cm³/mol. The minimum atomic E-state index is -3.71. The van der Waals surface area contributed by atoms with Gasteiger partial charge in [-0.05, 0) is 81.4 Å². The number of aromatic carboxylic acids is 1. The first kappa shape index (κ1) is 19.3. The maximum atomic E-state index is 13.3. The molecule has 7 heteroatoms. The molecule has 1 fully saturated rings. The molecule has 1 N–H and O–H groups in total. The molecule has 1 saturated heterocycles. The van der Waals surface area contributed by atoms with Gasteiger partial charge < -0.3 is 10.0 Å². The van der Waals surface area contributed by atoms with E-state index in [2.05, 4.69) is 11.8 Å². The van der Waals surface area contributed by atoms with Gasteiger partial charge >= 0.3 is 5.97 Å². The van der Waals surface area contributed by atoms with Gasteiger partial charge in [0.1, 0.15) is 0 Å². The van der Waals surface area contributed by atoms with Crippen molar-refractivity contribution in [3.8, 4) is 0 Å². The Morgan fingerprint density at radius 1 is 1.23 bits per heavy atom. The summed E-state index contributed by atoms with van der Waals surface area (Å²) in [7, 11) is -2.07. The van der Waals surface area contributed by atoms with E-state index < -0.39 is 16.0 Å². The number of fused-ring (bicyclic) bond motifs is 1.